The molecule has 0 saturated carbocycles. The van der Waals surface area contributed by atoms with Gasteiger partial charge < -0.3 is 23.9 Å². The SMILES string of the molecule is C#N.ClCC1CO1.O[Si](O)(O)O. The number of alkyl halides is 1. The molecule has 0 amide bonds. The second-order valence-electron chi connectivity index (χ2n) is 1.71. The summed E-state index contributed by atoms with van der Waals surface area (Å²) in [6.07, 6.45) is 0.400. The summed E-state index contributed by atoms with van der Waals surface area (Å²) in [5.41, 5.74) is 0. The van der Waals surface area contributed by atoms with Crippen molar-refractivity contribution in [2.75, 3.05) is 12.5 Å². The molecular formula is C4H10ClNO5Si. The highest BCUT2D eigenvalue weighted by Crippen LogP contribution is 2.08. The van der Waals surface area contributed by atoms with E-state index in [1.165, 1.54) is 0 Å². The second-order valence-corrected chi connectivity index (χ2v) is 3.22. The zero-order chi connectivity index (χ0) is 10.2. The van der Waals surface area contributed by atoms with Crippen LogP contribution in [0.4, 0.5) is 0 Å². The van der Waals surface area contributed by atoms with Gasteiger partial charge in [0.25, 0.3) is 0 Å². The molecule has 1 aliphatic heterocycles. The number of halogens is 1. The molecule has 0 bridgehead atoms. The van der Waals surface area contributed by atoms with E-state index in [0.29, 0.717) is 12.0 Å². The predicted octanol–water partition coefficient (Wildman–Crippen LogP) is -1.85. The molecule has 0 radical (unpaired) electrons. The molecule has 4 N–H and O–H groups in total. The minimum atomic E-state index is -4.61. The highest BCUT2D eigenvalue weighted by Gasteiger charge is 2.22. The Labute approximate surface area is 75.7 Å². The largest absolute Gasteiger partial charge is 0.668 e. The van der Waals surface area contributed by atoms with E-state index in [9.17, 15) is 0 Å². The lowest BCUT2D eigenvalue weighted by molar-refractivity contribution is 0.117. The van der Waals surface area contributed by atoms with Gasteiger partial charge in [-0.2, -0.15) is 0 Å². The maximum Gasteiger partial charge on any atom is 0.668 e. The Balaban J connectivity index is 0. The smallest absolute Gasteiger partial charge is 0.372 e. The van der Waals surface area contributed by atoms with E-state index in [1.54, 1.807) is 0 Å². The summed E-state index contributed by atoms with van der Waals surface area (Å²) in [5, 5.41) is 6.50. The highest BCUT2D eigenvalue weighted by atomic mass is 35.5. The van der Waals surface area contributed by atoms with E-state index in [2.05, 4.69) is 6.57 Å². The number of hydrogen-bond acceptors (Lipinski definition) is 6. The van der Waals surface area contributed by atoms with Crippen LogP contribution in [-0.2, 0) is 4.74 Å². The van der Waals surface area contributed by atoms with Crippen molar-refractivity contribution < 1.29 is 23.9 Å². The van der Waals surface area contributed by atoms with Crippen LogP contribution in [0.1, 0.15) is 0 Å². The Morgan fingerprint density at radius 1 is 1.42 bits per heavy atom. The molecule has 12 heavy (non-hydrogen) atoms. The van der Waals surface area contributed by atoms with Gasteiger partial charge in [-0.15, -0.1) is 11.6 Å². The summed E-state index contributed by atoms with van der Waals surface area (Å²) >= 11 is 5.27. The predicted molar refractivity (Wildman–Crippen MR) is 41.8 cm³/mol. The van der Waals surface area contributed by atoms with Crippen LogP contribution in [0.5, 0.6) is 0 Å². The Morgan fingerprint density at radius 2 is 1.67 bits per heavy atom. The molecule has 6 nitrogen and oxygen atoms in total. The Bertz CT molecular complexity index is 116. The van der Waals surface area contributed by atoms with Gasteiger partial charge in [-0.05, 0) is 0 Å². The average Bonchev–Trinajstić information content (AvgIpc) is 2.70. The van der Waals surface area contributed by atoms with Crippen LogP contribution in [0.2, 0.25) is 0 Å². The summed E-state index contributed by atoms with van der Waals surface area (Å²) in [6, 6.07) is 0. The lowest BCUT2D eigenvalue weighted by Gasteiger charge is -1.91. The monoisotopic (exact) mass is 215 g/mol. The summed E-state index contributed by atoms with van der Waals surface area (Å²) in [6.45, 7) is 4.38. The van der Waals surface area contributed by atoms with Crippen LogP contribution in [0.15, 0.2) is 0 Å². The molecule has 72 valence electrons. The van der Waals surface area contributed by atoms with E-state index in [4.69, 9.17) is 40.8 Å². The van der Waals surface area contributed by atoms with Gasteiger partial charge in [0.05, 0.1) is 18.6 Å². The van der Waals surface area contributed by atoms with Gasteiger partial charge in [-0.25, -0.2) is 5.26 Å². The number of hydrogen-bond donors (Lipinski definition) is 4. The van der Waals surface area contributed by atoms with Gasteiger partial charge in [0, 0.05) is 6.57 Å². The van der Waals surface area contributed by atoms with Crippen molar-refractivity contribution in [3.8, 4) is 6.57 Å². The first-order chi connectivity index (χ1) is 5.43. The number of nitriles is 1. The van der Waals surface area contributed by atoms with Crippen molar-refractivity contribution >= 4 is 20.6 Å². The van der Waals surface area contributed by atoms with Gasteiger partial charge >= 0.3 is 9.05 Å². The van der Waals surface area contributed by atoms with Crippen LogP contribution in [0.3, 0.4) is 0 Å². The molecule has 0 aromatic carbocycles. The minimum absolute atomic E-state index is 0.400. The molecule has 1 heterocycles. The molecule has 1 fully saturated rings. The van der Waals surface area contributed by atoms with Crippen LogP contribution in [-0.4, -0.2) is 46.8 Å². The highest BCUT2D eigenvalue weighted by molar-refractivity contribution is 6.46. The first kappa shape index (κ1) is 14.3. The molecule has 8 heteroatoms. The fraction of sp³-hybridized carbons (Fsp3) is 0.750. The topological polar surface area (TPSA) is 117 Å². The zero-order valence-corrected chi connectivity index (χ0v) is 7.85. The van der Waals surface area contributed by atoms with Gasteiger partial charge in [0.1, 0.15) is 0 Å². The molecule has 1 aliphatic rings. The molecule has 0 aromatic heterocycles. The van der Waals surface area contributed by atoms with Crippen molar-refractivity contribution in [2.24, 2.45) is 0 Å². The summed E-state index contributed by atoms with van der Waals surface area (Å²) < 4.78 is 4.73. The van der Waals surface area contributed by atoms with E-state index in [-0.39, 0.29) is 0 Å². The van der Waals surface area contributed by atoms with Gasteiger partial charge in [-0.1, -0.05) is 0 Å². The normalized spacial score (nSPS) is 19.4. The number of rotatable bonds is 1. The van der Waals surface area contributed by atoms with Gasteiger partial charge in [0.2, 0.25) is 0 Å². The Kier molecular flexibility index (Phi) is 8.89. The van der Waals surface area contributed by atoms with Crippen molar-refractivity contribution in [2.45, 2.75) is 6.10 Å². The number of ether oxygens (including phenoxy) is 1. The van der Waals surface area contributed by atoms with Crippen LogP contribution >= 0.6 is 11.6 Å². The third kappa shape index (κ3) is 32.9. The first-order valence-electron chi connectivity index (χ1n) is 2.76. The fourth-order valence-corrected chi connectivity index (χ4v) is 0.335. The number of nitrogens with zero attached hydrogens (tertiary/aromatic N) is 1. The van der Waals surface area contributed by atoms with Crippen LogP contribution < -0.4 is 0 Å². The zero-order valence-electron chi connectivity index (χ0n) is 6.09. The van der Waals surface area contributed by atoms with Crippen molar-refractivity contribution in [3.63, 3.8) is 0 Å². The third-order valence-corrected chi connectivity index (χ3v) is 0.919. The van der Waals surface area contributed by atoms with E-state index < -0.39 is 9.05 Å². The summed E-state index contributed by atoms with van der Waals surface area (Å²) in [7, 11) is -4.61. The van der Waals surface area contributed by atoms with Crippen LogP contribution in [0.25, 0.3) is 0 Å². The molecule has 0 spiro atoms. The molecular weight excluding hydrogens is 206 g/mol. The maximum absolute atomic E-state index is 7.33. The summed E-state index contributed by atoms with van der Waals surface area (Å²) in [4.78, 5) is 29.3. The van der Waals surface area contributed by atoms with E-state index in [1.807, 2.05) is 0 Å². The molecule has 1 atom stereocenters. The molecule has 1 unspecified atom stereocenters. The van der Waals surface area contributed by atoms with E-state index in [0.717, 1.165) is 6.61 Å². The molecule has 0 aromatic rings. The fourth-order valence-electron chi connectivity index (χ4n) is 0.157. The lowest BCUT2D eigenvalue weighted by Crippen LogP contribution is -2.33. The van der Waals surface area contributed by atoms with Gasteiger partial charge in [-0.3, -0.25) is 0 Å². The molecule has 0 aliphatic carbocycles. The van der Waals surface area contributed by atoms with E-state index >= 15 is 0 Å². The van der Waals surface area contributed by atoms with Gasteiger partial charge in [0.15, 0.2) is 0 Å². The second kappa shape index (κ2) is 7.45. The lowest BCUT2D eigenvalue weighted by atomic mass is 10.6. The molecule has 1 saturated heterocycles. The average molecular weight is 216 g/mol. The van der Waals surface area contributed by atoms with Crippen molar-refractivity contribution in [1.82, 2.24) is 0 Å². The van der Waals surface area contributed by atoms with Crippen molar-refractivity contribution in [1.29, 1.82) is 5.26 Å². The first-order valence-corrected chi connectivity index (χ1v) is 5.08. The summed E-state index contributed by atoms with van der Waals surface area (Å²) in [5.74, 6) is 0.667. The number of epoxide rings is 1. The Morgan fingerprint density at radius 3 is 1.67 bits per heavy atom. The molecule has 1 rings (SSSR count). The standard InChI is InChI=1S/C3H5ClO.CHN.H4O4Si/c4-1-3-2-5-3;1-2;1-5(2,3)4/h3H,1-2H2;1H;1-4H. The quantitative estimate of drug-likeness (QED) is 0.232. The minimum Gasteiger partial charge on any atom is -0.372 e. The van der Waals surface area contributed by atoms with Crippen molar-refractivity contribution in [3.05, 3.63) is 0 Å². The maximum atomic E-state index is 7.33. The van der Waals surface area contributed by atoms with Crippen LogP contribution in [0, 0.1) is 11.8 Å². The Hall–Kier alpha value is -0.203. The third-order valence-electron chi connectivity index (χ3n) is 0.574.